The normalized spacial score (nSPS) is 10.2. The van der Waals surface area contributed by atoms with Crippen LogP contribution in [0.4, 0.5) is 0 Å². The molecule has 2 aromatic carbocycles. The third kappa shape index (κ3) is 3.85. The van der Waals surface area contributed by atoms with E-state index in [1.807, 2.05) is 18.2 Å². The number of hydrogen-bond donors (Lipinski definition) is 1. The van der Waals surface area contributed by atoms with Crippen LogP contribution in [0.2, 0.25) is 0 Å². The first-order valence-corrected chi connectivity index (χ1v) is 6.67. The Morgan fingerprint density at radius 3 is 2.55 bits per heavy atom. The summed E-state index contributed by atoms with van der Waals surface area (Å²) in [5, 5.41) is 8.96. The lowest BCUT2D eigenvalue weighted by Gasteiger charge is -2.08. The zero-order chi connectivity index (χ0) is 14.4. The van der Waals surface area contributed by atoms with Crippen LogP contribution in [0.5, 0.6) is 5.75 Å². The van der Waals surface area contributed by atoms with E-state index in [1.54, 1.807) is 25.1 Å². The first-order valence-electron chi connectivity index (χ1n) is 6.67. The van der Waals surface area contributed by atoms with Crippen LogP contribution in [0.15, 0.2) is 48.5 Å². The highest BCUT2D eigenvalue weighted by atomic mass is 16.5. The zero-order valence-corrected chi connectivity index (χ0v) is 11.5. The van der Waals surface area contributed by atoms with Crippen molar-refractivity contribution in [2.75, 3.05) is 6.61 Å². The predicted octanol–water partition coefficient (Wildman–Crippen LogP) is 3.70. The molecule has 0 radical (unpaired) electrons. The molecule has 0 aromatic heterocycles. The van der Waals surface area contributed by atoms with Crippen molar-refractivity contribution in [2.24, 2.45) is 0 Å². The van der Waals surface area contributed by atoms with E-state index in [-0.39, 0.29) is 0 Å². The molecule has 1 N–H and O–H groups in total. The van der Waals surface area contributed by atoms with Crippen LogP contribution < -0.4 is 4.74 Å². The van der Waals surface area contributed by atoms with E-state index >= 15 is 0 Å². The van der Waals surface area contributed by atoms with E-state index in [1.165, 1.54) is 5.56 Å². The maximum Gasteiger partial charge on any atom is 0.335 e. The fraction of sp³-hybridized carbons (Fsp3) is 0.235. The highest BCUT2D eigenvalue weighted by Crippen LogP contribution is 2.17. The highest BCUT2D eigenvalue weighted by molar-refractivity contribution is 5.89. The van der Waals surface area contributed by atoms with E-state index in [4.69, 9.17) is 9.84 Å². The van der Waals surface area contributed by atoms with Crippen LogP contribution in [-0.4, -0.2) is 17.7 Å². The Bertz CT molecular complexity index is 576. The maximum absolute atomic E-state index is 10.9. The van der Waals surface area contributed by atoms with Crippen molar-refractivity contribution in [3.05, 3.63) is 65.2 Å². The second kappa shape index (κ2) is 6.75. The van der Waals surface area contributed by atoms with Gasteiger partial charge < -0.3 is 9.84 Å². The summed E-state index contributed by atoms with van der Waals surface area (Å²) in [7, 11) is 0. The maximum atomic E-state index is 10.9. The molecule has 0 aliphatic rings. The van der Waals surface area contributed by atoms with E-state index in [2.05, 4.69) is 12.1 Å². The van der Waals surface area contributed by atoms with Crippen LogP contribution in [0.3, 0.4) is 0 Å². The van der Waals surface area contributed by atoms with Gasteiger partial charge in [0.05, 0.1) is 12.2 Å². The van der Waals surface area contributed by atoms with Gasteiger partial charge in [-0.25, -0.2) is 4.79 Å². The minimum Gasteiger partial charge on any atom is -0.494 e. The summed E-state index contributed by atoms with van der Waals surface area (Å²) in [6.07, 6.45) is 1.91. The topological polar surface area (TPSA) is 46.5 Å². The van der Waals surface area contributed by atoms with Gasteiger partial charge in [0.2, 0.25) is 0 Å². The van der Waals surface area contributed by atoms with Gasteiger partial charge in [0, 0.05) is 0 Å². The van der Waals surface area contributed by atoms with Crippen molar-refractivity contribution < 1.29 is 14.6 Å². The second-order valence-electron chi connectivity index (χ2n) is 4.72. The molecule has 0 aliphatic heterocycles. The molecule has 0 spiro atoms. The van der Waals surface area contributed by atoms with Crippen molar-refractivity contribution in [3.63, 3.8) is 0 Å². The zero-order valence-electron chi connectivity index (χ0n) is 11.5. The van der Waals surface area contributed by atoms with E-state index in [9.17, 15) is 4.79 Å². The molecule has 0 amide bonds. The van der Waals surface area contributed by atoms with Gasteiger partial charge in [-0.3, -0.25) is 0 Å². The quantitative estimate of drug-likeness (QED) is 0.814. The highest BCUT2D eigenvalue weighted by Gasteiger charge is 2.07. The van der Waals surface area contributed by atoms with Crippen LogP contribution in [0, 0.1) is 6.92 Å². The summed E-state index contributed by atoms with van der Waals surface area (Å²) in [4.78, 5) is 10.9. The number of carbonyl (C=O) groups is 1. The Morgan fingerprint density at radius 2 is 1.90 bits per heavy atom. The fourth-order valence-electron chi connectivity index (χ4n) is 2.08. The third-order valence-electron chi connectivity index (χ3n) is 3.15. The Labute approximate surface area is 118 Å². The lowest BCUT2D eigenvalue weighted by Crippen LogP contribution is -2.02. The van der Waals surface area contributed by atoms with Crippen molar-refractivity contribution in [3.8, 4) is 5.75 Å². The molecule has 2 aromatic rings. The number of benzene rings is 2. The van der Waals surface area contributed by atoms with Crippen LogP contribution in [0.25, 0.3) is 0 Å². The summed E-state index contributed by atoms with van der Waals surface area (Å²) in [5.41, 5.74) is 2.34. The van der Waals surface area contributed by atoms with Gasteiger partial charge in [-0.2, -0.15) is 0 Å². The number of aryl methyl sites for hydroxylation is 2. The van der Waals surface area contributed by atoms with Crippen molar-refractivity contribution in [2.45, 2.75) is 19.8 Å². The molecule has 0 saturated carbocycles. The van der Waals surface area contributed by atoms with Gasteiger partial charge in [0.15, 0.2) is 0 Å². The molecular formula is C17H18O3. The Balaban J connectivity index is 1.83. The Kier molecular flexibility index (Phi) is 4.77. The minimum atomic E-state index is -0.905. The Morgan fingerprint density at radius 1 is 1.15 bits per heavy atom. The summed E-state index contributed by atoms with van der Waals surface area (Å²) < 4.78 is 5.65. The molecule has 0 aliphatic carbocycles. The molecule has 0 bridgehead atoms. The smallest absolute Gasteiger partial charge is 0.335 e. The SMILES string of the molecule is Cc1cc(OCCCc2ccccc2)ccc1C(=O)O. The molecular weight excluding hydrogens is 252 g/mol. The van der Waals surface area contributed by atoms with Crippen LogP contribution in [0.1, 0.15) is 27.9 Å². The number of ether oxygens (including phenoxy) is 1. The molecule has 2 rings (SSSR count). The van der Waals surface area contributed by atoms with Crippen molar-refractivity contribution in [1.29, 1.82) is 0 Å². The van der Waals surface area contributed by atoms with Gasteiger partial charge in [-0.15, -0.1) is 0 Å². The Hall–Kier alpha value is -2.29. The van der Waals surface area contributed by atoms with E-state index in [0.29, 0.717) is 12.2 Å². The number of carboxylic acids is 1. The molecule has 0 unspecified atom stereocenters. The molecule has 3 nitrogen and oxygen atoms in total. The first kappa shape index (κ1) is 14.1. The summed E-state index contributed by atoms with van der Waals surface area (Å²) in [6, 6.07) is 15.3. The lowest BCUT2D eigenvalue weighted by molar-refractivity contribution is 0.0696. The average molecular weight is 270 g/mol. The summed E-state index contributed by atoms with van der Waals surface area (Å²) in [5.74, 6) is -0.182. The monoisotopic (exact) mass is 270 g/mol. The van der Waals surface area contributed by atoms with Gasteiger partial charge in [0.25, 0.3) is 0 Å². The van der Waals surface area contributed by atoms with Gasteiger partial charge >= 0.3 is 5.97 Å². The molecule has 20 heavy (non-hydrogen) atoms. The number of rotatable bonds is 6. The molecule has 0 saturated heterocycles. The van der Waals surface area contributed by atoms with Crippen molar-refractivity contribution >= 4 is 5.97 Å². The summed E-state index contributed by atoms with van der Waals surface area (Å²) in [6.45, 7) is 2.40. The molecule has 0 atom stereocenters. The largest absolute Gasteiger partial charge is 0.494 e. The summed E-state index contributed by atoms with van der Waals surface area (Å²) >= 11 is 0. The average Bonchev–Trinajstić information content (AvgIpc) is 2.44. The fourth-order valence-corrected chi connectivity index (χ4v) is 2.08. The van der Waals surface area contributed by atoms with Gasteiger partial charge in [-0.1, -0.05) is 30.3 Å². The molecule has 0 heterocycles. The van der Waals surface area contributed by atoms with Gasteiger partial charge in [0.1, 0.15) is 5.75 Å². The standard InChI is InChI=1S/C17H18O3/c1-13-12-15(9-10-16(13)17(18)19)20-11-5-8-14-6-3-2-4-7-14/h2-4,6-7,9-10,12H,5,8,11H2,1H3,(H,18,19). The third-order valence-corrected chi connectivity index (χ3v) is 3.15. The number of carboxylic acid groups (broad SMARTS) is 1. The molecule has 3 heteroatoms. The van der Waals surface area contributed by atoms with Crippen molar-refractivity contribution in [1.82, 2.24) is 0 Å². The van der Waals surface area contributed by atoms with Crippen LogP contribution >= 0.6 is 0 Å². The number of hydrogen-bond acceptors (Lipinski definition) is 2. The number of aromatic carboxylic acids is 1. The molecule has 104 valence electrons. The predicted molar refractivity (Wildman–Crippen MR) is 78.4 cm³/mol. The minimum absolute atomic E-state index is 0.321. The van der Waals surface area contributed by atoms with Crippen LogP contribution in [-0.2, 0) is 6.42 Å². The van der Waals surface area contributed by atoms with E-state index < -0.39 is 5.97 Å². The first-order chi connectivity index (χ1) is 9.66. The molecule has 0 fully saturated rings. The van der Waals surface area contributed by atoms with E-state index in [0.717, 1.165) is 24.2 Å². The second-order valence-corrected chi connectivity index (χ2v) is 4.72. The van der Waals surface area contributed by atoms with Gasteiger partial charge in [-0.05, 0) is 49.1 Å². The lowest BCUT2D eigenvalue weighted by atomic mass is 10.1.